The first-order valence-corrected chi connectivity index (χ1v) is 8.23. The van der Waals surface area contributed by atoms with Gasteiger partial charge in [-0.3, -0.25) is 4.79 Å². The number of nitrogens with zero attached hydrogens (tertiary/aromatic N) is 2. The highest BCUT2D eigenvalue weighted by Gasteiger charge is 2.15. The summed E-state index contributed by atoms with van der Waals surface area (Å²) in [6.45, 7) is 1.42. The topological polar surface area (TPSA) is 86.4 Å². The third kappa shape index (κ3) is 4.17. The zero-order valence-electron chi connectivity index (χ0n) is 14.5. The van der Waals surface area contributed by atoms with Gasteiger partial charge in [0, 0.05) is 16.7 Å². The molecule has 0 spiro atoms. The van der Waals surface area contributed by atoms with Crippen molar-refractivity contribution in [2.45, 2.75) is 13.5 Å². The summed E-state index contributed by atoms with van der Waals surface area (Å²) in [5.74, 6) is -1.35. The van der Waals surface area contributed by atoms with Gasteiger partial charge in [0.25, 0.3) is 0 Å². The predicted octanol–water partition coefficient (Wildman–Crippen LogP) is 3.25. The van der Waals surface area contributed by atoms with Crippen LogP contribution in [0.25, 0.3) is 11.5 Å². The normalized spacial score (nSPS) is 10.7. The van der Waals surface area contributed by atoms with Gasteiger partial charge in [-0.1, -0.05) is 11.6 Å². The van der Waals surface area contributed by atoms with E-state index in [9.17, 15) is 14.0 Å². The van der Waals surface area contributed by atoms with E-state index in [2.05, 4.69) is 10.4 Å². The van der Waals surface area contributed by atoms with Crippen molar-refractivity contribution in [1.82, 2.24) is 9.78 Å². The van der Waals surface area contributed by atoms with E-state index in [1.807, 2.05) is 0 Å². The summed E-state index contributed by atoms with van der Waals surface area (Å²) < 4.78 is 24.1. The number of rotatable bonds is 5. The van der Waals surface area contributed by atoms with Crippen LogP contribution >= 0.6 is 11.6 Å². The van der Waals surface area contributed by atoms with Crippen LogP contribution in [-0.4, -0.2) is 22.8 Å². The van der Waals surface area contributed by atoms with E-state index in [4.69, 9.17) is 20.8 Å². The highest BCUT2D eigenvalue weighted by Crippen LogP contribution is 2.30. The molecule has 1 amide bonds. The van der Waals surface area contributed by atoms with Crippen molar-refractivity contribution >= 4 is 23.2 Å². The second-order valence-corrected chi connectivity index (χ2v) is 6.09. The molecule has 7 nitrogen and oxygen atoms in total. The molecule has 1 N–H and O–H groups in total. The first kappa shape index (κ1) is 18.7. The van der Waals surface area contributed by atoms with Gasteiger partial charge in [0.05, 0.1) is 12.8 Å². The Labute approximate surface area is 158 Å². The number of amides is 1. The van der Waals surface area contributed by atoms with Crippen LogP contribution in [0.15, 0.2) is 45.6 Å². The van der Waals surface area contributed by atoms with E-state index in [1.54, 1.807) is 19.1 Å². The monoisotopic (exact) mass is 391 g/mol. The zero-order valence-corrected chi connectivity index (χ0v) is 15.2. The highest BCUT2D eigenvalue weighted by atomic mass is 35.5. The summed E-state index contributed by atoms with van der Waals surface area (Å²) in [7, 11) is 1.45. The average molecular weight is 392 g/mol. The minimum atomic E-state index is -0.802. The minimum absolute atomic E-state index is 0.00674. The first-order valence-electron chi connectivity index (χ1n) is 7.85. The van der Waals surface area contributed by atoms with Crippen LogP contribution in [0.3, 0.4) is 0 Å². The molecule has 0 aliphatic heterocycles. The molecular formula is C18H15ClFN3O4. The van der Waals surface area contributed by atoms with Crippen LogP contribution in [0.4, 0.5) is 10.1 Å². The van der Waals surface area contributed by atoms with E-state index in [1.165, 1.54) is 31.4 Å². The number of carbonyl (C=O) groups excluding carboxylic acids is 1. The number of ether oxygens (including phenoxy) is 1. The molecule has 0 bridgehead atoms. The molecule has 3 aromatic rings. The van der Waals surface area contributed by atoms with E-state index >= 15 is 0 Å². The largest absolute Gasteiger partial charge is 0.495 e. The average Bonchev–Trinajstić information content (AvgIpc) is 2.99. The third-order valence-electron chi connectivity index (χ3n) is 3.75. The molecule has 0 unspecified atom stereocenters. The quantitative estimate of drug-likeness (QED) is 0.721. The molecule has 0 saturated carbocycles. The number of hydrogen-bond acceptors (Lipinski definition) is 5. The van der Waals surface area contributed by atoms with Crippen molar-refractivity contribution in [1.29, 1.82) is 0 Å². The molecule has 1 aromatic heterocycles. The van der Waals surface area contributed by atoms with Crippen molar-refractivity contribution < 1.29 is 18.3 Å². The van der Waals surface area contributed by atoms with Crippen molar-refractivity contribution in [3.05, 3.63) is 63.4 Å². The molecule has 0 atom stereocenters. The maximum absolute atomic E-state index is 13.0. The fourth-order valence-corrected chi connectivity index (χ4v) is 2.52. The molecule has 0 radical (unpaired) electrons. The van der Waals surface area contributed by atoms with Gasteiger partial charge in [0.2, 0.25) is 11.8 Å². The Bertz CT molecular complexity index is 1040. The fraction of sp³-hybridized carbons (Fsp3) is 0.167. The number of methoxy groups -OCH3 is 1. The second-order valence-electron chi connectivity index (χ2n) is 5.69. The molecule has 0 aliphatic carbocycles. The molecule has 0 fully saturated rings. The summed E-state index contributed by atoms with van der Waals surface area (Å²) in [6, 6.07) is 8.53. The number of carbonyl (C=O) groups is 1. The number of anilines is 1. The third-order valence-corrected chi connectivity index (χ3v) is 4.15. The maximum atomic E-state index is 13.0. The first-order chi connectivity index (χ1) is 12.9. The summed E-state index contributed by atoms with van der Waals surface area (Å²) in [4.78, 5) is 24.2. The van der Waals surface area contributed by atoms with Gasteiger partial charge in [-0.2, -0.15) is 4.68 Å². The molecule has 2 aromatic carbocycles. The Balaban J connectivity index is 1.78. The number of benzene rings is 2. The number of nitrogens with one attached hydrogen (secondary N) is 1. The molecule has 0 aliphatic rings. The lowest BCUT2D eigenvalue weighted by molar-refractivity contribution is -0.117. The number of aryl methyl sites for hydroxylation is 1. The van der Waals surface area contributed by atoms with Crippen LogP contribution in [0, 0.1) is 12.7 Å². The van der Waals surface area contributed by atoms with Crippen molar-refractivity contribution in [2.24, 2.45) is 0 Å². The Kier molecular flexibility index (Phi) is 5.27. The zero-order chi connectivity index (χ0) is 19.6. The standard InChI is InChI=1S/C18H15ClFN3O4/c1-10-7-14(15(26-2)8-13(10)19)21-16(24)9-23-18(25)27-17(22-23)11-3-5-12(20)6-4-11/h3-8H,9H2,1-2H3,(H,21,24). The Morgan fingerprint density at radius 1 is 1.33 bits per heavy atom. The van der Waals surface area contributed by atoms with Crippen LogP contribution < -0.4 is 15.8 Å². The minimum Gasteiger partial charge on any atom is -0.495 e. The summed E-state index contributed by atoms with van der Waals surface area (Å²) in [5.41, 5.74) is 1.59. The number of halogens is 2. The molecule has 0 saturated heterocycles. The summed E-state index contributed by atoms with van der Waals surface area (Å²) in [5, 5.41) is 7.12. The van der Waals surface area contributed by atoms with E-state index < -0.39 is 17.5 Å². The van der Waals surface area contributed by atoms with Gasteiger partial charge in [-0.25, -0.2) is 9.18 Å². The van der Waals surface area contributed by atoms with Crippen LogP contribution in [-0.2, 0) is 11.3 Å². The Morgan fingerprint density at radius 3 is 2.70 bits per heavy atom. The molecule has 9 heteroatoms. The molecule has 27 heavy (non-hydrogen) atoms. The predicted molar refractivity (Wildman–Crippen MR) is 97.5 cm³/mol. The highest BCUT2D eigenvalue weighted by molar-refractivity contribution is 6.31. The van der Waals surface area contributed by atoms with Gasteiger partial charge >= 0.3 is 5.76 Å². The smallest absolute Gasteiger partial charge is 0.437 e. The Morgan fingerprint density at radius 2 is 2.04 bits per heavy atom. The molecular weight excluding hydrogens is 377 g/mol. The van der Waals surface area contributed by atoms with E-state index in [-0.39, 0.29) is 12.4 Å². The second kappa shape index (κ2) is 7.63. The van der Waals surface area contributed by atoms with Crippen LogP contribution in [0.1, 0.15) is 5.56 Å². The van der Waals surface area contributed by atoms with Gasteiger partial charge in [0.15, 0.2) is 0 Å². The molecule has 140 valence electrons. The van der Waals surface area contributed by atoms with Gasteiger partial charge in [-0.15, -0.1) is 5.10 Å². The lowest BCUT2D eigenvalue weighted by atomic mass is 10.2. The van der Waals surface area contributed by atoms with Gasteiger partial charge in [-0.05, 0) is 42.8 Å². The fourth-order valence-electron chi connectivity index (χ4n) is 2.37. The van der Waals surface area contributed by atoms with Gasteiger partial charge < -0.3 is 14.5 Å². The number of hydrogen-bond donors (Lipinski definition) is 1. The van der Waals surface area contributed by atoms with Gasteiger partial charge in [0.1, 0.15) is 18.1 Å². The summed E-state index contributed by atoms with van der Waals surface area (Å²) >= 11 is 6.04. The van der Waals surface area contributed by atoms with Crippen LogP contribution in [0.5, 0.6) is 5.75 Å². The van der Waals surface area contributed by atoms with Crippen LogP contribution in [0.2, 0.25) is 5.02 Å². The van der Waals surface area contributed by atoms with Crippen molar-refractivity contribution in [3.8, 4) is 17.2 Å². The lowest BCUT2D eigenvalue weighted by Crippen LogP contribution is -2.26. The number of aromatic nitrogens is 2. The molecule has 3 rings (SSSR count). The maximum Gasteiger partial charge on any atom is 0.437 e. The lowest BCUT2D eigenvalue weighted by Gasteiger charge is -2.12. The van der Waals surface area contributed by atoms with E-state index in [0.29, 0.717) is 22.0 Å². The van der Waals surface area contributed by atoms with Crippen molar-refractivity contribution in [3.63, 3.8) is 0 Å². The SMILES string of the molecule is COc1cc(Cl)c(C)cc1NC(=O)Cn1nc(-c2ccc(F)cc2)oc1=O. The molecule has 1 heterocycles. The summed E-state index contributed by atoms with van der Waals surface area (Å²) in [6.07, 6.45) is 0. The Hall–Kier alpha value is -3.13. The van der Waals surface area contributed by atoms with Crippen molar-refractivity contribution in [2.75, 3.05) is 12.4 Å². The van der Waals surface area contributed by atoms with E-state index in [0.717, 1.165) is 10.2 Å².